The van der Waals surface area contributed by atoms with Crippen LogP contribution in [0.4, 0.5) is 0 Å². The van der Waals surface area contributed by atoms with E-state index in [9.17, 15) is 19.2 Å². The van der Waals surface area contributed by atoms with Crippen LogP contribution in [0, 0.1) is 5.92 Å². The Morgan fingerprint density at radius 2 is 1.11 bits per heavy atom. The Morgan fingerprint density at radius 3 is 1.59 bits per heavy atom. The highest BCUT2D eigenvalue weighted by Crippen LogP contribution is 2.37. The Balaban J connectivity index is 1.86. The highest BCUT2D eigenvalue weighted by Gasteiger charge is 2.58. The van der Waals surface area contributed by atoms with Crippen LogP contribution in [0.3, 0.4) is 0 Å². The molecule has 0 radical (unpaired) electrons. The first kappa shape index (κ1) is 25.6. The predicted octanol–water partition coefficient (Wildman–Crippen LogP) is 3.53. The summed E-state index contributed by atoms with van der Waals surface area (Å²) in [6, 6.07) is 24.1. The van der Waals surface area contributed by atoms with E-state index in [0.29, 0.717) is 18.4 Å². The van der Waals surface area contributed by atoms with Crippen molar-refractivity contribution in [3.8, 4) is 0 Å². The Morgan fingerprint density at radius 1 is 0.649 bits per heavy atom. The number of benzene rings is 3. The maximum Gasteiger partial charge on any atom is 0.331 e. The molecule has 0 aliphatic carbocycles. The number of ether oxygens (including phenoxy) is 2. The Kier molecular flexibility index (Phi) is 7.98. The molecule has 1 aliphatic rings. The van der Waals surface area contributed by atoms with E-state index in [0.717, 1.165) is 10.6 Å². The number of esters is 2. The molecule has 8 nitrogen and oxygen atoms in total. The highest BCUT2D eigenvalue weighted by molar-refractivity contribution is 6.03. The van der Waals surface area contributed by atoms with Crippen molar-refractivity contribution in [1.82, 2.24) is 10.0 Å². The van der Waals surface area contributed by atoms with E-state index >= 15 is 0 Å². The number of hydrogen-bond donors (Lipinski definition) is 0. The molecule has 0 spiro atoms. The van der Waals surface area contributed by atoms with Gasteiger partial charge in [0.05, 0.1) is 20.3 Å². The summed E-state index contributed by atoms with van der Waals surface area (Å²) in [5, 5.41) is 2.32. The molecule has 0 aromatic heterocycles. The number of hydrogen-bond acceptors (Lipinski definition) is 6. The van der Waals surface area contributed by atoms with Crippen LogP contribution in [-0.2, 0) is 25.5 Å². The second-order valence-corrected chi connectivity index (χ2v) is 8.64. The number of methoxy groups -OCH3 is 2. The average molecular weight is 501 g/mol. The van der Waals surface area contributed by atoms with Crippen LogP contribution in [0.1, 0.15) is 32.7 Å². The molecule has 4 rings (SSSR count). The van der Waals surface area contributed by atoms with Gasteiger partial charge in [-0.25, -0.2) is 14.8 Å². The van der Waals surface area contributed by atoms with Crippen LogP contribution < -0.4 is 0 Å². The highest BCUT2D eigenvalue weighted by atomic mass is 16.5. The molecule has 1 saturated heterocycles. The summed E-state index contributed by atoms with van der Waals surface area (Å²) in [6.07, 6.45) is 0.799. The van der Waals surface area contributed by atoms with E-state index in [1.54, 1.807) is 60.7 Å². The van der Waals surface area contributed by atoms with Crippen LogP contribution >= 0.6 is 0 Å². The average Bonchev–Trinajstić information content (AvgIpc) is 3.30. The molecule has 3 aromatic rings. The lowest BCUT2D eigenvalue weighted by Crippen LogP contribution is -2.52. The van der Waals surface area contributed by atoms with Gasteiger partial charge in [-0.05, 0) is 42.7 Å². The maximum atomic E-state index is 14.0. The van der Waals surface area contributed by atoms with Crippen LogP contribution in [0.15, 0.2) is 91.0 Å². The number of carbonyl (C=O) groups is 4. The van der Waals surface area contributed by atoms with Gasteiger partial charge in [-0.3, -0.25) is 14.4 Å². The van der Waals surface area contributed by atoms with Crippen molar-refractivity contribution in [2.75, 3.05) is 14.2 Å². The van der Waals surface area contributed by atoms with Gasteiger partial charge in [0.1, 0.15) is 5.92 Å². The fraction of sp³-hybridized carbons (Fsp3) is 0.241. The number of hydrazine groups is 1. The molecule has 3 aromatic carbocycles. The van der Waals surface area contributed by atoms with Gasteiger partial charge in [0.15, 0.2) is 6.04 Å². The number of carbonyl (C=O) groups excluding carboxylic acids is 4. The maximum absolute atomic E-state index is 14.0. The van der Waals surface area contributed by atoms with E-state index in [1.165, 1.54) is 19.2 Å². The third kappa shape index (κ3) is 5.23. The van der Waals surface area contributed by atoms with Gasteiger partial charge in [0, 0.05) is 11.1 Å². The van der Waals surface area contributed by atoms with Crippen molar-refractivity contribution in [3.63, 3.8) is 0 Å². The summed E-state index contributed by atoms with van der Waals surface area (Å²) in [7, 11) is 2.40. The quantitative estimate of drug-likeness (QED) is 0.461. The zero-order valence-corrected chi connectivity index (χ0v) is 20.7. The summed E-state index contributed by atoms with van der Waals surface area (Å²) in [6.45, 7) is 0. The summed E-state index contributed by atoms with van der Waals surface area (Å²) < 4.78 is 10.1. The van der Waals surface area contributed by atoms with Crippen molar-refractivity contribution in [1.29, 1.82) is 0 Å². The van der Waals surface area contributed by atoms with Crippen LogP contribution in [-0.4, -0.2) is 60.1 Å². The summed E-state index contributed by atoms with van der Waals surface area (Å²) in [5.74, 6) is -3.78. The zero-order valence-electron chi connectivity index (χ0n) is 20.7. The largest absolute Gasteiger partial charge is 0.469 e. The lowest BCUT2D eigenvalue weighted by molar-refractivity contribution is -0.155. The molecule has 190 valence electrons. The topological polar surface area (TPSA) is 93.2 Å². The van der Waals surface area contributed by atoms with Crippen molar-refractivity contribution in [2.45, 2.75) is 24.9 Å². The van der Waals surface area contributed by atoms with E-state index < -0.39 is 41.8 Å². The van der Waals surface area contributed by atoms with E-state index in [4.69, 9.17) is 9.47 Å². The minimum atomic E-state index is -1.39. The van der Waals surface area contributed by atoms with Gasteiger partial charge in [0.2, 0.25) is 0 Å². The van der Waals surface area contributed by atoms with Gasteiger partial charge in [-0.15, -0.1) is 0 Å². The third-order valence-electron chi connectivity index (χ3n) is 6.51. The first-order valence-electron chi connectivity index (χ1n) is 11.9. The first-order valence-corrected chi connectivity index (χ1v) is 11.9. The summed E-state index contributed by atoms with van der Waals surface area (Å²) >= 11 is 0. The van der Waals surface area contributed by atoms with Crippen LogP contribution in [0.5, 0.6) is 0 Å². The molecule has 2 amide bonds. The van der Waals surface area contributed by atoms with Gasteiger partial charge in [0.25, 0.3) is 11.8 Å². The smallest absolute Gasteiger partial charge is 0.331 e. The Labute approximate surface area is 215 Å². The monoisotopic (exact) mass is 500 g/mol. The lowest BCUT2D eigenvalue weighted by Gasteiger charge is -2.34. The molecule has 37 heavy (non-hydrogen) atoms. The van der Waals surface area contributed by atoms with Gasteiger partial charge >= 0.3 is 11.9 Å². The van der Waals surface area contributed by atoms with Gasteiger partial charge in [-0.2, -0.15) is 0 Å². The van der Waals surface area contributed by atoms with E-state index in [-0.39, 0.29) is 5.56 Å². The second-order valence-electron chi connectivity index (χ2n) is 8.64. The third-order valence-corrected chi connectivity index (χ3v) is 6.51. The first-order chi connectivity index (χ1) is 18.0. The second kappa shape index (κ2) is 11.5. The molecule has 0 N–H and O–H groups in total. The molecule has 3 atom stereocenters. The minimum Gasteiger partial charge on any atom is -0.469 e. The van der Waals surface area contributed by atoms with Crippen LogP contribution in [0.2, 0.25) is 0 Å². The molecular formula is C29H28N2O6. The molecule has 0 bridgehead atoms. The number of nitrogens with zero attached hydrogens (tertiary/aromatic N) is 2. The van der Waals surface area contributed by atoms with Crippen molar-refractivity contribution in [2.24, 2.45) is 5.92 Å². The molecule has 0 saturated carbocycles. The Bertz CT molecular complexity index is 1250. The molecule has 1 fully saturated rings. The summed E-state index contributed by atoms with van der Waals surface area (Å²) in [5.41, 5.74) is 1.56. The fourth-order valence-corrected chi connectivity index (χ4v) is 4.76. The molecule has 1 heterocycles. The van der Waals surface area contributed by atoms with Crippen LogP contribution in [0.25, 0.3) is 0 Å². The summed E-state index contributed by atoms with van der Waals surface area (Å²) in [4.78, 5) is 54.2. The molecule has 1 aliphatic heterocycles. The van der Waals surface area contributed by atoms with Crippen molar-refractivity contribution >= 4 is 23.8 Å². The van der Waals surface area contributed by atoms with E-state index in [1.807, 2.05) is 30.3 Å². The number of aryl methyl sites for hydroxylation is 1. The minimum absolute atomic E-state index is 0.259. The number of rotatable bonds is 7. The SMILES string of the molecule is COC(=O)[C@H]1[C@H](CCc2ccccc2)N(C(=O)c2ccccc2)N(C(=O)c2ccccc2)[C@H]1C(=O)OC. The predicted molar refractivity (Wildman–Crippen MR) is 135 cm³/mol. The van der Waals surface area contributed by atoms with Gasteiger partial charge < -0.3 is 9.47 Å². The van der Waals surface area contributed by atoms with Crippen molar-refractivity contribution in [3.05, 3.63) is 108 Å². The van der Waals surface area contributed by atoms with E-state index in [2.05, 4.69) is 0 Å². The van der Waals surface area contributed by atoms with Crippen molar-refractivity contribution < 1.29 is 28.7 Å². The molecular weight excluding hydrogens is 472 g/mol. The lowest BCUT2D eigenvalue weighted by atomic mass is 9.89. The zero-order chi connectivity index (χ0) is 26.4. The standard InChI is InChI=1S/C29H28N2O6/c1-36-28(34)24-23(19-18-20-12-6-3-7-13-20)30(26(32)21-14-8-4-9-15-21)31(25(24)29(35)37-2)27(33)22-16-10-5-11-17-22/h3-17,23-25H,18-19H2,1-2H3/t23-,24-,25+/m0/s1. The van der Waals surface area contributed by atoms with Gasteiger partial charge in [-0.1, -0.05) is 66.7 Å². The number of amides is 2. The molecule has 0 unspecified atom stereocenters. The normalized spacial score (nSPS) is 18.8. The molecule has 8 heteroatoms. The fourth-order valence-electron chi connectivity index (χ4n) is 4.76. The Hall–Kier alpha value is -4.46.